The van der Waals surface area contributed by atoms with Crippen LogP contribution >= 0.6 is 0 Å². The zero-order valence-corrected chi connectivity index (χ0v) is 33.7. The molecule has 15 heteroatoms. The van der Waals surface area contributed by atoms with Gasteiger partial charge in [0.2, 0.25) is 17.7 Å². The van der Waals surface area contributed by atoms with Gasteiger partial charge in [0.05, 0.1) is 23.7 Å². The lowest BCUT2D eigenvalue weighted by molar-refractivity contribution is -0.143. The van der Waals surface area contributed by atoms with Crippen molar-refractivity contribution in [1.82, 2.24) is 29.9 Å². The fourth-order valence-corrected chi connectivity index (χ4v) is 11.1. The van der Waals surface area contributed by atoms with Gasteiger partial charge >= 0.3 is 0 Å². The van der Waals surface area contributed by atoms with Gasteiger partial charge in [-0.05, 0) is 104 Å². The highest BCUT2D eigenvalue weighted by atomic mass is 19.3. The number of likely N-dealkylation sites (tertiary alicyclic amines) is 1. The second kappa shape index (κ2) is 15.2. The van der Waals surface area contributed by atoms with Gasteiger partial charge in [0.15, 0.2) is 0 Å². The summed E-state index contributed by atoms with van der Waals surface area (Å²) >= 11 is 0. The van der Waals surface area contributed by atoms with Crippen LogP contribution in [0.2, 0.25) is 0 Å². The molecule has 5 amide bonds. The normalized spacial score (nSPS) is 25.9. The first-order chi connectivity index (χ1) is 29.3. The van der Waals surface area contributed by atoms with Crippen molar-refractivity contribution in [2.24, 2.45) is 11.8 Å². The minimum Gasteiger partial charge on any atom is -0.357 e. The van der Waals surface area contributed by atoms with Gasteiger partial charge < -0.3 is 9.88 Å². The van der Waals surface area contributed by atoms with Crippen molar-refractivity contribution in [3.8, 4) is 0 Å². The standard InChI is InChI=1S/C46H46F4N6O5/c1-23-12-31-30-4-2-3-5-36(30)51-41(31)42(55(23)22-38(49)50)40-34(47)15-27(16-35(40)48)25-6-8-26(9-7-25)44(59)54-18-24(19-54)17-53-20-28-13-32-33(14-29(28)21-53)46(61)56(45(32)60)37-10-11-39(57)52-43(37)58/h2-5,13-16,23-26,37-38,42,51H,6-12,17-22H2,1H3,(H,52,57,58)/t23-,25?,26?,37?,42-/m1/s1. The molecule has 6 aliphatic rings. The highest BCUT2D eigenvalue weighted by Gasteiger charge is 2.46. The van der Waals surface area contributed by atoms with E-state index in [1.54, 1.807) is 12.1 Å². The molecule has 6 heterocycles. The molecule has 11 nitrogen and oxygen atoms in total. The van der Waals surface area contributed by atoms with Crippen LogP contribution in [0.15, 0.2) is 48.5 Å². The number of aromatic nitrogens is 1. The van der Waals surface area contributed by atoms with Gasteiger partial charge in [0.1, 0.15) is 17.7 Å². The van der Waals surface area contributed by atoms with E-state index in [1.165, 1.54) is 17.0 Å². The number of fused-ring (bicyclic) bond motifs is 5. The number of para-hydroxylation sites is 1. The molecule has 2 N–H and O–H groups in total. The van der Waals surface area contributed by atoms with E-state index < -0.39 is 60.3 Å². The number of halogens is 4. The molecule has 4 aromatic rings. The van der Waals surface area contributed by atoms with Crippen LogP contribution in [0.1, 0.15) is 112 Å². The monoisotopic (exact) mass is 838 g/mol. The van der Waals surface area contributed by atoms with E-state index in [4.69, 9.17) is 0 Å². The smallest absolute Gasteiger partial charge is 0.262 e. The summed E-state index contributed by atoms with van der Waals surface area (Å²) < 4.78 is 60.3. The van der Waals surface area contributed by atoms with Crippen molar-refractivity contribution in [1.29, 1.82) is 0 Å². The third kappa shape index (κ3) is 6.84. The van der Waals surface area contributed by atoms with Gasteiger partial charge in [-0.1, -0.05) is 18.2 Å². The molecule has 1 aliphatic carbocycles. The summed E-state index contributed by atoms with van der Waals surface area (Å²) in [4.78, 5) is 74.2. The summed E-state index contributed by atoms with van der Waals surface area (Å²) in [6.07, 6.45) is 0.354. The number of H-pyrrole nitrogens is 1. The predicted octanol–water partition coefficient (Wildman–Crippen LogP) is 6.20. The molecular weight excluding hydrogens is 793 g/mol. The van der Waals surface area contributed by atoms with Crippen molar-refractivity contribution >= 4 is 40.4 Å². The highest BCUT2D eigenvalue weighted by Crippen LogP contribution is 2.45. The Kier molecular flexibility index (Phi) is 9.89. The summed E-state index contributed by atoms with van der Waals surface area (Å²) in [6, 6.07) is 11.4. The van der Waals surface area contributed by atoms with Gasteiger partial charge in [-0.2, -0.15) is 0 Å². The Labute approximate surface area is 349 Å². The number of aromatic amines is 1. The number of piperidine rings is 1. The average molecular weight is 839 g/mol. The number of imide groups is 2. The van der Waals surface area contributed by atoms with Crippen LogP contribution in [0.4, 0.5) is 17.6 Å². The quantitative estimate of drug-likeness (QED) is 0.160. The first-order valence-electron chi connectivity index (χ1n) is 21.3. The molecule has 0 radical (unpaired) electrons. The Morgan fingerprint density at radius 2 is 1.52 bits per heavy atom. The Hall–Kier alpha value is -5.41. The minimum atomic E-state index is -2.68. The zero-order chi connectivity index (χ0) is 42.4. The highest BCUT2D eigenvalue weighted by molar-refractivity contribution is 6.23. The SMILES string of the molecule is C[C@@H]1Cc2c([nH]c3ccccc23)[C@@H](c2c(F)cc(C3CCC(C(=O)N4CC(CN5Cc6cc7c(cc6C5)C(=O)N(C5CCC(=O)NC5=O)C7=O)C4)CC3)cc2F)N1CC(F)F. The summed E-state index contributed by atoms with van der Waals surface area (Å²) in [5.74, 6) is -3.57. The van der Waals surface area contributed by atoms with E-state index in [9.17, 15) is 32.8 Å². The van der Waals surface area contributed by atoms with E-state index >= 15 is 8.78 Å². The number of carbonyl (C=O) groups excluding carboxylic acids is 5. The Balaban J connectivity index is 0.744. The van der Waals surface area contributed by atoms with Crippen molar-refractivity contribution in [2.45, 2.75) is 95.4 Å². The summed E-state index contributed by atoms with van der Waals surface area (Å²) in [5.41, 5.74) is 4.96. The van der Waals surface area contributed by atoms with Crippen molar-refractivity contribution in [3.05, 3.63) is 105 Å². The molecular formula is C46H46F4N6O5. The van der Waals surface area contributed by atoms with E-state index in [0.717, 1.165) is 39.0 Å². The Morgan fingerprint density at radius 1 is 0.869 bits per heavy atom. The molecule has 5 aliphatic heterocycles. The molecule has 3 fully saturated rings. The number of benzene rings is 3. The van der Waals surface area contributed by atoms with Crippen LogP contribution in [0.3, 0.4) is 0 Å². The zero-order valence-electron chi connectivity index (χ0n) is 33.7. The Morgan fingerprint density at radius 3 is 2.16 bits per heavy atom. The first kappa shape index (κ1) is 39.7. The summed E-state index contributed by atoms with van der Waals surface area (Å²) in [6.45, 7) is 4.38. The summed E-state index contributed by atoms with van der Waals surface area (Å²) in [7, 11) is 0. The third-order valence-corrected chi connectivity index (χ3v) is 14.1. The van der Waals surface area contributed by atoms with Crippen LogP contribution in [0, 0.1) is 23.5 Å². The second-order valence-electron chi connectivity index (χ2n) is 17.9. The number of nitrogens with one attached hydrogen (secondary N) is 2. The van der Waals surface area contributed by atoms with Gasteiger partial charge in [-0.3, -0.25) is 44.0 Å². The molecule has 2 saturated heterocycles. The van der Waals surface area contributed by atoms with E-state index in [-0.39, 0.29) is 59.2 Å². The van der Waals surface area contributed by atoms with Gasteiger partial charge in [0.25, 0.3) is 18.2 Å². The first-order valence-corrected chi connectivity index (χ1v) is 21.3. The van der Waals surface area contributed by atoms with Crippen LogP contribution in [-0.4, -0.2) is 98.8 Å². The lowest BCUT2D eigenvalue weighted by Crippen LogP contribution is -2.55. The van der Waals surface area contributed by atoms with Gasteiger partial charge in [-0.15, -0.1) is 0 Å². The summed E-state index contributed by atoms with van der Waals surface area (Å²) in [5, 5.41) is 3.14. The maximum Gasteiger partial charge on any atom is 0.262 e. The van der Waals surface area contributed by atoms with Crippen molar-refractivity contribution < 1.29 is 41.5 Å². The molecule has 1 unspecified atom stereocenters. The number of carbonyl (C=O) groups is 5. The van der Waals surface area contributed by atoms with Gasteiger partial charge in [0, 0.05) is 79.2 Å². The molecule has 318 valence electrons. The second-order valence-corrected chi connectivity index (χ2v) is 17.9. The van der Waals surface area contributed by atoms with Crippen molar-refractivity contribution in [3.63, 3.8) is 0 Å². The molecule has 1 aromatic heterocycles. The van der Waals surface area contributed by atoms with E-state index in [2.05, 4.69) is 15.2 Å². The lowest BCUT2D eigenvalue weighted by atomic mass is 9.77. The fourth-order valence-electron chi connectivity index (χ4n) is 11.1. The minimum absolute atomic E-state index is 0.0612. The van der Waals surface area contributed by atoms with Crippen LogP contribution in [0.5, 0.6) is 0 Å². The fraction of sp³-hybridized carbons (Fsp3) is 0.457. The van der Waals surface area contributed by atoms with E-state index in [1.807, 2.05) is 36.1 Å². The molecule has 61 heavy (non-hydrogen) atoms. The van der Waals surface area contributed by atoms with E-state index in [0.29, 0.717) is 69.5 Å². The van der Waals surface area contributed by atoms with Gasteiger partial charge in [-0.25, -0.2) is 17.6 Å². The maximum atomic E-state index is 16.3. The number of hydrogen-bond acceptors (Lipinski definition) is 7. The number of nitrogens with zero attached hydrogens (tertiary/aromatic N) is 4. The maximum absolute atomic E-state index is 16.3. The largest absolute Gasteiger partial charge is 0.357 e. The molecule has 0 spiro atoms. The number of rotatable bonds is 8. The average Bonchev–Trinajstić information content (AvgIpc) is 3.86. The van der Waals surface area contributed by atoms with Crippen molar-refractivity contribution in [2.75, 3.05) is 26.2 Å². The number of hydrogen-bond donors (Lipinski definition) is 2. The molecule has 3 atom stereocenters. The molecule has 3 aromatic carbocycles. The third-order valence-electron chi connectivity index (χ3n) is 14.1. The molecule has 1 saturated carbocycles. The molecule has 0 bridgehead atoms. The predicted molar refractivity (Wildman–Crippen MR) is 214 cm³/mol. The van der Waals surface area contributed by atoms with Crippen LogP contribution in [-0.2, 0) is 33.9 Å². The number of amides is 5. The topological polar surface area (TPSA) is 126 Å². The lowest BCUT2D eigenvalue weighted by Gasteiger charge is -2.43. The molecule has 10 rings (SSSR count). The Bertz CT molecular complexity index is 2440. The van der Waals surface area contributed by atoms with Crippen LogP contribution in [0.25, 0.3) is 10.9 Å². The van der Waals surface area contributed by atoms with Crippen LogP contribution < -0.4 is 5.32 Å². The number of alkyl halides is 2.